The van der Waals surface area contributed by atoms with Crippen LogP contribution in [0.3, 0.4) is 0 Å². The lowest BCUT2D eigenvalue weighted by Crippen LogP contribution is -2.46. The molecule has 2 aromatic carbocycles. The fourth-order valence-electron chi connectivity index (χ4n) is 5.02. The van der Waals surface area contributed by atoms with Crippen molar-refractivity contribution in [3.05, 3.63) is 70.6 Å². The summed E-state index contributed by atoms with van der Waals surface area (Å²) in [5.41, 5.74) is 2.51. The van der Waals surface area contributed by atoms with E-state index in [1.807, 2.05) is 0 Å². The van der Waals surface area contributed by atoms with Gasteiger partial charge in [-0.15, -0.1) is 0 Å². The van der Waals surface area contributed by atoms with Gasteiger partial charge in [-0.05, 0) is 55.9 Å². The predicted molar refractivity (Wildman–Crippen MR) is 128 cm³/mol. The minimum absolute atomic E-state index is 0.252. The van der Waals surface area contributed by atoms with Gasteiger partial charge >= 0.3 is 0 Å². The Morgan fingerprint density at radius 3 is 2.53 bits per heavy atom. The molecule has 2 aromatic rings. The molecule has 1 aliphatic heterocycles. The highest BCUT2D eigenvalue weighted by Gasteiger charge is 2.44. The monoisotopic (exact) mass is 466 g/mol. The number of amides is 2. The van der Waals surface area contributed by atoms with Crippen molar-refractivity contribution in [3.8, 4) is 11.5 Å². The molecule has 34 heavy (non-hydrogen) atoms. The maximum atomic E-state index is 14.9. The van der Waals surface area contributed by atoms with Crippen LogP contribution >= 0.6 is 0 Å². The molecule has 180 valence electrons. The highest BCUT2D eigenvalue weighted by Crippen LogP contribution is 2.46. The number of fused-ring (bicyclic) bond motifs is 1. The van der Waals surface area contributed by atoms with E-state index in [-0.39, 0.29) is 11.8 Å². The highest BCUT2D eigenvalue weighted by molar-refractivity contribution is 6.02. The molecule has 7 heteroatoms. The van der Waals surface area contributed by atoms with Gasteiger partial charge in [0.15, 0.2) is 11.5 Å². The second-order valence-electron chi connectivity index (χ2n) is 8.80. The highest BCUT2D eigenvalue weighted by atomic mass is 19.1. The average Bonchev–Trinajstić information content (AvgIpc) is 2.86. The van der Waals surface area contributed by atoms with Crippen molar-refractivity contribution in [1.29, 1.82) is 0 Å². The van der Waals surface area contributed by atoms with E-state index in [0.717, 1.165) is 19.3 Å². The van der Waals surface area contributed by atoms with E-state index in [1.165, 1.54) is 43.6 Å². The number of benzene rings is 2. The van der Waals surface area contributed by atoms with Crippen molar-refractivity contribution in [2.75, 3.05) is 27.8 Å². The first kappa shape index (κ1) is 23.8. The normalized spacial score (nSPS) is 19.8. The Balaban J connectivity index is 1.74. The number of likely N-dealkylation sites (N-methyl/N-ethyl adjacent to an activating group) is 1. The Morgan fingerprint density at radius 1 is 1.12 bits per heavy atom. The van der Waals surface area contributed by atoms with E-state index in [9.17, 15) is 14.0 Å². The van der Waals surface area contributed by atoms with Crippen LogP contribution in [-0.4, -0.2) is 44.5 Å². The number of hydrogen-bond donors (Lipinski definition) is 1. The van der Waals surface area contributed by atoms with Gasteiger partial charge in [0.1, 0.15) is 5.82 Å². The van der Waals surface area contributed by atoms with Gasteiger partial charge in [0.05, 0.1) is 26.2 Å². The molecule has 0 saturated heterocycles. The molecule has 0 aromatic heterocycles. The topological polar surface area (TPSA) is 67.9 Å². The standard InChI is InChI=1S/C27H31FN2O4/c1-30-25(18-11-7-8-12-21(18)28)24(26(31)29-14-13-17-9-5-4-6-10-17)19-15-22(33-2)23(34-3)16-20(19)27(30)32/h7-9,11-12,15-16,24-25H,4-6,10,13-14H2,1-3H3,(H,29,31)/t24-,25-/m0/s1. The molecule has 2 amide bonds. The summed E-state index contributed by atoms with van der Waals surface area (Å²) in [6.45, 7) is 0.492. The summed E-state index contributed by atoms with van der Waals surface area (Å²) in [5.74, 6) is -1.01. The van der Waals surface area contributed by atoms with Crippen LogP contribution in [0, 0.1) is 5.82 Å². The molecule has 2 atom stereocenters. The quantitative estimate of drug-likeness (QED) is 0.598. The third kappa shape index (κ3) is 4.52. The predicted octanol–water partition coefficient (Wildman–Crippen LogP) is 4.76. The van der Waals surface area contributed by atoms with Gasteiger partial charge in [-0.2, -0.15) is 0 Å². The van der Waals surface area contributed by atoms with Crippen LogP contribution in [0.5, 0.6) is 11.5 Å². The number of nitrogens with zero attached hydrogens (tertiary/aromatic N) is 1. The summed E-state index contributed by atoms with van der Waals surface area (Å²) in [4.78, 5) is 28.4. The van der Waals surface area contributed by atoms with Gasteiger partial charge in [-0.3, -0.25) is 9.59 Å². The van der Waals surface area contributed by atoms with Crippen molar-refractivity contribution in [2.45, 2.75) is 44.1 Å². The molecule has 0 unspecified atom stereocenters. The van der Waals surface area contributed by atoms with Crippen molar-refractivity contribution in [1.82, 2.24) is 10.2 Å². The van der Waals surface area contributed by atoms with Crippen LogP contribution in [0.4, 0.5) is 4.39 Å². The van der Waals surface area contributed by atoms with Crippen molar-refractivity contribution >= 4 is 11.8 Å². The van der Waals surface area contributed by atoms with E-state index in [2.05, 4.69) is 11.4 Å². The van der Waals surface area contributed by atoms with Crippen molar-refractivity contribution < 1.29 is 23.5 Å². The first-order valence-corrected chi connectivity index (χ1v) is 11.7. The first-order valence-electron chi connectivity index (χ1n) is 11.7. The van der Waals surface area contributed by atoms with Gasteiger partial charge < -0.3 is 19.7 Å². The third-order valence-corrected chi connectivity index (χ3v) is 6.81. The third-order valence-electron chi connectivity index (χ3n) is 6.81. The van der Waals surface area contributed by atoms with Crippen molar-refractivity contribution in [2.24, 2.45) is 0 Å². The number of halogens is 1. The molecule has 2 aliphatic rings. The average molecular weight is 467 g/mol. The SMILES string of the molecule is COc1cc2c(cc1OC)[C@H](C(=O)NCCC1=CCCCC1)[C@H](c1ccccc1F)N(C)C2=O. The number of methoxy groups -OCH3 is 2. The van der Waals surface area contributed by atoms with Crippen LogP contribution in [0.1, 0.15) is 65.5 Å². The molecule has 0 bridgehead atoms. The fraction of sp³-hybridized carbons (Fsp3) is 0.407. The minimum Gasteiger partial charge on any atom is -0.493 e. The molecule has 0 saturated carbocycles. The number of carbonyl (C=O) groups excluding carboxylic acids is 2. The lowest BCUT2D eigenvalue weighted by atomic mass is 9.79. The first-order chi connectivity index (χ1) is 16.5. The second kappa shape index (κ2) is 10.3. The van der Waals surface area contributed by atoms with Crippen LogP contribution in [0.15, 0.2) is 48.0 Å². The van der Waals surface area contributed by atoms with Crippen molar-refractivity contribution in [3.63, 3.8) is 0 Å². The van der Waals surface area contributed by atoms with Gasteiger partial charge in [0.25, 0.3) is 5.91 Å². The number of carbonyl (C=O) groups is 2. The summed E-state index contributed by atoms with van der Waals surface area (Å²) in [5, 5.41) is 3.05. The summed E-state index contributed by atoms with van der Waals surface area (Å²) < 4.78 is 25.8. The molecule has 4 rings (SSSR count). The van der Waals surface area contributed by atoms with E-state index in [0.29, 0.717) is 34.7 Å². The second-order valence-corrected chi connectivity index (χ2v) is 8.80. The summed E-state index contributed by atoms with van der Waals surface area (Å²) >= 11 is 0. The van der Waals surface area contributed by atoms with E-state index in [1.54, 1.807) is 37.4 Å². The summed E-state index contributed by atoms with van der Waals surface area (Å²) in [6.07, 6.45) is 7.59. The zero-order valence-corrected chi connectivity index (χ0v) is 19.9. The summed E-state index contributed by atoms with van der Waals surface area (Å²) in [7, 11) is 4.60. The van der Waals surface area contributed by atoms with Gasteiger partial charge in [0.2, 0.25) is 5.91 Å². The molecule has 1 N–H and O–H groups in total. The minimum atomic E-state index is -0.810. The molecule has 1 heterocycles. The smallest absolute Gasteiger partial charge is 0.254 e. The Labute approximate surface area is 199 Å². The largest absolute Gasteiger partial charge is 0.493 e. The number of nitrogens with one attached hydrogen (secondary N) is 1. The fourth-order valence-corrected chi connectivity index (χ4v) is 5.02. The number of rotatable bonds is 7. The molecule has 0 radical (unpaired) electrons. The Bertz CT molecular complexity index is 1110. The Morgan fingerprint density at radius 2 is 1.85 bits per heavy atom. The van der Waals surface area contributed by atoms with Crippen LogP contribution < -0.4 is 14.8 Å². The lowest BCUT2D eigenvalue weighted by Gasteiger charge is -2.40. The van der Waals surface area contributed by atoms with Crippen LogP contribution in [-0.2, 0) is 4.79 Å². The van der Waals surface area contributed by atoms with E-state index < -0.39 is 17.8 Å². The molecular weight excluding hydrogens is 435 g/mol. The summed E-state index contributed by atoms with van der Waals surface area (Å²) in [6, 6.07) is 8.75. The molecule has 6 nitrogen and oxygen atoms in total. The van der Waals surface area contributed by atoms with Crippen LogP contribution in [0.2, 0.25) is 0 Å². The Hall–Kier alpha value is -3.35. The maximum Gasteiger partial charge on any atom is 0.254 e. The van der Waals surface area contributed by atoms with E-state index >= 15 is 0 Å². The molecule has 0 spiro atoms. The zero-order chi connectivity index (χ0) is 24.2. The van der Waals surface area contributed by atoms with Gasteiger partial charge in [-0.1, -0.05) is 29.8 Å². The zero-order valence-electron chi connectivity index (χ0n) is 19.9. The van der Waals surface area contributed by atoms with Gasteiger partial charge in [-0.25, -0.2) is 4.39 Å². The van der Waals surface area contributed by atoms with Crippen LogP contribution in [0.25, 0.3) is 0 Å². The Kier molecular flexibility index (Phi) is 7.20. The molecular formula is C27H31FN2O4. The molecule has 1 aliphatic carbocycles. The maximum absolute atomic E-state index is 14.9. The molecule has 0 fully saturated rings. The van der Waals surface area contributed by atoms with E-state index in [4.69, 9.17) is 9.47 Å². The lowest BCUT2D eigenvalue weighted by molar-refractivity contribution is -0.124. The number of allylic oxidation sites excluding steroid dienone is 1. The number of ether oxygens (including phenoxy) is 2. The number of hydrogen-bond acceptors (Lipinski definition) is 4. The van der Waals surface area contributed by atoms with Gasteiger partial charge in [0, 0.05) is 24.7 Å².